The molecule has 0 aromatic heterocycles. The van der Waals surface area contributed by atoms with E-state index < -0.39 is 6.10 Å². The fraction of sp³-hybridized carbons (Fsp3) is 0.364. The molecule has 0 spiro atoms. The highest BCUT2D eigenvalue weighted by Gasteiger charge is 2.03. The van der Waals surface area contributed by atoms with Crippen LogP contribution in [0.4, 0.5) is 0 Å². The zero-order chi connectivity index (χ0) is 10.9. The third-order valence-electron chi connectivity index (χ3n) is 1.76. The molecule has 1 aromatic carbocycles. The van der Waals surface area contributed by atoms with Gasteiger partial charge in [-0.3, -0.25) is 0 Å². The van der Waals surface area contributed by atoms with Crippen LogP contribution in [0.25, 0.3) is 0 Å². The summed E-state index contributed by atoms with van der Waals surface area (Å²) in [6.07, 6.45) is -0.571. The van der Waals surface area contributed by atoms with E-state index in [0.717, 1.165) is 17.3 Å². The maximum atomic E-state index is 9.36. The lowest BCUT2D eigenvalue weighted by Crippen LogP contribution is -2.17. The minimum Gasteiger partial charge on any atom is -0.390 e. The standard InChI is InChI=1S/C11H13NO2S/c12-9-15-8-11(13)7-14-6-10-4-2-1-3-5-10/h1-5,11,13H,6-8H2. The van der Waals surface area contributed by atoms with Gasteiger partial charge in [0.25, 0.3) is 0 Å². The quantitative estimate of drug-likeness (QED) is 0.747. The molecule has 0 aliphatic rings. The lowest BCUT2D eigenvalue weighted by Gasteiger charge is -2.08. The van der Waals surface area contributed by atoms with Gasteiger partial charge in [-0.1, -0.05) is 30.3 Å². The van der Waals surface area contributed by atoms with Gasteiger partial charge in [0.1, 0.15) is 5.40 Å². The van der Waals surface area contributed by atoms with Crippen LogP contribution in [-0.2, 0) is 11.3 Å². The molecule has 0 heterocycles. The molecule has 1 aromatic rings. The molecule has 1 N–H and O–H groups in total. The summed E-state index contributed by atoms with van der Waals surface area (Å²) in [6, 6.07) is 9.77. The van der Waals surface area contributed by atoms with Crippen LogP contribution in [0.5, 0.6) is 0 Å². The van der Waals surface area contributed by atoms with E-state index in [1.807, 2.05) is 35.7 Å². The molecule has 0 aliphatic heterocycles. The lowest BCUT2D eigenvalue weighted by molar-refractivity contribution is 0.0398. The van der Waals surface area contributed by atoms with Gasteiger partial charge in [-0.25, -0.2) is 0 Å². The zero-order valence-corrected chi connectivity index (χ0v) is 9.11. The number of nitriles is 1. The van der Waals surface area contributed by atoms with Gasteiger partial charge in [-0.2, -0.15) is 5.26 Å². The Balaban J connectivity index is 2.14. The summed E-state index contributed by atoms with van der Waals surface area (Å²) in [6.45, 7) is 0.763. The molecule has 4 heteroatoms. The maximum absolute atomic E-state index is 9.36. The normalized spacial score (nSPS) is 12.0. The van der Waals surface area contributed by atoms with Gasteiger partial charge in [-0.15, -0.1) is 0 Å². The summed E-state index contributed by atoms with van der Waals surface area (Å²) >= 11 is 1.04. The van der Waals surface area contributed by atoms with Crippen molar-refractivity contribution in [3.05, 3.63) is 35.9 Å². The Kier molecular flexibility index (Phi) is 5.86. The molecular weight excluding hydrogens is 210 g/mol. The summed E-state index contributed by atoms with van der Waals surface area (Å²) in [4.78, 5) is 0. The smallest absolute Gasteiger partial charge is 0.133 e. The average Bonchev–Trinajstić information content (AvgIpc) is 2.28. The predicted octanol–water partition coefficient (Wildman–Crippen LogP) is 1.78. The Labute approximate surface area is 93.7 Å². The van der Waals surface area contributed by atoms with Gasteiger partial charge in [0.05, 0.1) is 19.3 Å². The molecule has 80 valence electrons. The molecule has 0 amide bonds. The van der Waals surface area contributed by atoms with Crippen LogP contribution >= 0.6 is 11.8 Å². The van der Waals surface area contributed by atoms with Crippen molar-refractivity contribution >= 4 is 11.8 Å². The molecule has 1 rings (SSSR count). The molecule has 1 unspecified atom stereocenters. The number of rotatable bonds is 6. The summed E-state index contributed by atoms with van der Waals surface area (Å²) in [5.74, 6) is 0.394. The highest BCUT2D eigenvalue weighted by molar-refractivity contribution is 8.03. The van der Waals surface area contributed by atoms with E-state index >= 15 is 0 Å². The summed E-state index contributed by atoms with van der Waals surface area (Å²) in [5, 5.41) is 19.5. The number of benzene rings is 1. The number of ether oxygens (including phenoxy) is 1. The van der Waals surface area contributed by atoms with Crippen LogP contribution in [0.3, 0.4) is 0 Å². The molecule has 0 fully saturated rings. The number of hydrogen-bond acceptors (Lipinski definition) is 4. The molecule has 15 heavy (non-hydrogen) atoms. The van der Waals surface area contributed by atoms with Crippen LogP contribution in [0.15, 0.2) is 30.3 Å². The van der Waals surface area contributed by atoms with E-state index in [2.05, 4.69) is 0 Å². The summed E-state index contributed by atoms with van der Waals surface area (Å²) in [5.41, 5.74) is 1.08. The van der Waals surface area contributed by atoms with E-state index in [9.17, 15) is 5.11 Å². The molecule has 0 bridgehead atoms. The fourth-order valence-corrected chi connectivity index (χ4v) is 1.43. The first-order valence-electron chi connectivity index (χ1n) is 4.63. The van der Waals surface area contributed by atoms with E-state index in [1.54, 1.807) is 0 Å². The minimum absolute atomic E-state index is 0.267. The predicted molar refractivity (Wildman–Crippen MR) is 60.2 cm³/mol. The Hall–Kier alpha value is -1.02. The molecule has 1 atom stereocenters. The topological polar surface area (TPSA) is 53.2 Å². The number of thioether (sulfide) groups is 1. The van der Waals surface area contributed by atoms with Crippen LogP contribution in [-0.4, -0.2) is 23.6 Å². The molecule has 0 radical (unpaired) electrons. The largest absolute Gasteiger partial charge is 0.390 e. The van der Waals surface area contributed by atoms with Crippen molar-refractivity contribution in [2.75, 3.05) is 12.4 Å². The first-order chi connectivity index (χ1) is 7.33. The highest BCUT2D eigenvalue weighted by atomic mass is 32.2. The number of thiocyanates is 1. The van der Waals surface area contributed by atoms with Crippen molar-refractivity contribution in [1.82, 2.24) is 0 Å². The van der Waals surface area contributed by atoms with Crippen molar-refractivity contribution in [2.24, 2.45) is 0 Å². The first-order valence-corrected chi connectivity index (χ1v) is 5.62. The average molecular weight is 223 g/mol. The summed E-state index contributed by atoms with van der Waals surface area (Å²) < 4.78 is 5.31. The van der Waals surface area contributed by atoms with Crippen molar-refractivity contribution in [3.63, 3.8) is 0 Å². The summed E-state index contributed by atoms with van der Waals surface area (Å²) in [7, 11) is 0. The highest BCUT2D eigenvalue weighted by Crippen LogP contribution is 2.03. The lowest BCUT2D eigenvalue weighted by atomic mass is 10.2. The third-order valence-corrected chi connectivity index (χ3v) is 2.44. The van der Waals surface area contributed by atoms with Gasteiger partial charge in [0.2, 0.25) is 0 Å². The van der Waals surface area contributed by atoms with Crippen LogP contribution in [0, 0.1) is 10.7 Å². The molecule has 0 saturated carbocycles. The number of aliphatic hydroxyl groups is 1. The Morgan fingerprint density at radius 2 is 2.13 bits per heavy atom. The number of nitrogens with zero attached hydrogens (tertiary/aromatic N) is 1. The fourth-order valence-electron chi connectivity index (χ4n) is 1.07. The van der Waals surface area contributed by atoms with Crippen LogP contribution in [0.2, 0.25) is 0 Å². The monoisotopic (exact) mass is 223 g/mol. The van der Waals surface area contributed by atoms with Crippen molar-refractivity contribution in [2.45, 2.75) is 12.7 Å². The van der Waals surface area contributed by atoms with E-state index in [1.165, 1.54) is 0 Å². The Bertz CT molecular complexity index is 310. The van der Waals surface area contributed by atoms with Gasteiger partial charge < -0.3 is 9.84 Å². The molecule has 0 saturated heterocycles. The van der Waals surface area contributed by atoms with Gasteiger partial charge in [0, 0.05) is 5.75 Å². The maximum Gasteiger partial charge on any atom is 0.133 e. The third kappa shape index (κ3) is 5.43. The second kappa shape index (κ2) is 7.30. The molecule has 0 aliphatic carbocycles. The number of aliphatic hydroxyl groups excluding tert-OH is 1. The molecule has 3 nitrogen and oxygen atoms in total. The Morgan fingerprint density at radius 1 is 1.40 bits per heavy atom. The van der Waals surface area contributed by atoms with Crippen LogP contribution < -0.4 is 0 Å². The first kappa shape index (κ1) is 12.1. The van der Waals surface area contributed by atoms with Crippen molar-refractivity contribution in [3.8, 4) is 5.40 Å². The van der Waals surface area contributed by atoms with Crippen molar-refractivity contribution < 1.29 is 9.84 Å². The molecular formula is C11H13NO2S. The second-order valence-electron chi connectivity index (χ2n) is 3.06. The van der Waals surface area contributed by atoms with Gasteiger partial charge >= 0.3 is 0 Å². The van der Waals surface area contributed by atoms with Gasteiger partial charge in [0.15, 0.2) is 0 Å². The number of hydrogen-bond donors (Lipinski definition) is 1. The van der Waals surface area contributed by atoms with Crippen molar-refractivity contribution in [1.29, 1.82) is 5.26 Å². The van der Waals surface area contributed by atoms with E-state index in [0.29, 0.717) is 12.4 Å². The van der Waals surface area contributed by atoms with Gasteiger partial charge in [-0.05, 0) is 17.3 Å². The van der Waals surface area contributed by atoms with E-state index in [4.69, 9.17) is 10.00 Å². The Morgan fingerprint density at radius 3 is 2.80 bits per heavy atom. The minimum atomic E-state index is -0.571. The second-order valence-corrected chi connectivity index (χ2v) is 3.86. The SMILES string of the molecule is N#CSCC(O)COCc1ccccc1. The van der Waals surface area contributed by atoms with Crippen LogP contribution in [0.1, 0.15) is 5.56 Å². The zero-order valence-electron chi connectivity index (χ0n) is 8.30. The van der Waals surface area contributed by atoms with E-state index in [-0.39, 0.29) is 6.61 Å².